The van der Waals surface area contributed by atoms with Gasteiger partial charge in [0, 0.05) is 19.1 Å². The highest BCUT2D eigenvalue weighted by Gasteiger charge is 2.25. The van der Waals surface area contributed by atoms with Gasteiger partial charge in [0.1, 0.15) is 0 Å². The first kappa shape index (κ1) is 10.3. The Kier molecular flexibility index (Phi) is 2.69. The maximum Gasteiger partial charge on any atom is 0.0597 e. The molecule has 88 valence electrons. The number of aromatic nitrogens is 2. The lowest BCUT2D eigenvalue weighted by molar-refractivity contribution is 0.124. The molecule has 4 nitrogen and oxygen atoms in total. The van der Waals surface area contributed by atoms with Gasteiger partial charge in [-0.15, -0.1) is 0 Å². The largest absolute Gasteiger partial charge is 0.317 e. The first-order chi connectivity index (χ1) is 7.83. The SMILES string of the molecule is Cc1cc2n(n1)CCN(C1CCNCC1)C2. The molecule has 1 aromatic rings. The van der Waals surface area contributed by atoms with Gasteiger partial charge in [-0.05, 0) is 38.9 Å². The van der Waals surface area contributed by atoms with Gasteiger partial charge in [0.25, 0.3) is 0 Å². The molecule has 2 aliphatic rings. The van der Waals surface area contributed by atoms with E-state index in [1.807, 2.05) is 0 Å². The standard InChI is InChI=1S/C12H20N4/c1-10-8-12-9-15(6-7-16(12)14-10)11-2-4-13-5-3-11/h8,11,13H,2-7,9H2,1H3. The second kappa shape index (κ2) is 4.18. The Bertz CT molecular complexity index is 365. The molecule has 0 amide bonds. The first-order valence-electron chi connectivity index (χ1n) is 6.31. The molecule has 0 saturated carbocycles. The summed E-state index contributed by atoms with van der Waals surface area (Å²) in [6.07, 6.45) is 2.60. The highest BCUT2D eigenvalue weighted by molar-refractivity contribution is 5.10. The summed E-state index contributed by atoms with van der Waals surface area (Å²) in [5, 5.41) is 7.94. The van der Waals surface area contributed by atoms with Gasteiger partial charge in [-0.3, -0.25) is 9.58 Å². The van der Waals surface area contributed by atoms with Crippen molar-refractivity contribution in [2.24, 2.45) is 0 Å². The predicted octanol–water partition coefficient (Wildman–Crippen LogP) is 0.759. The van der Waals surface area contributed by atoms with Gasteiger partial charge in [-0.2, -0.15) is 5.10 Å². The van der Waals surface area contributed by atoms with Gasteiger partial charge in [0.15, 0.2) is 0 Å². The van der Waals surface area contributed by atoms with Crippen molar-refractivity contribution in [1.82, 2.24) is 20.0 Å². The van der Waals surface area contributed by atoms with E-state index in [4.69, 9.17) is 0 Å². The molecular formula is C12H20N4. The number of hydrogen-bond acceptors (Lipinski definition) is 3. The molecular weight excluding hydrogens is 200 g/mol. The minimum atomic E-state index is 0.783. The van der Waals surface area contributed by atoms with Crippen molar-refractivity contribution in [3.05, 3.63) is 17.5 Å². The van der Waals surface area contributed by atoms with Gasteiger partial charge < -0.3 is 5.32 Å². The Morgan fingerprint density at radius 2 is 2.12 bits per heavy atom. The molecule has 3 heterocycles. The van der Waals surface area contributed by atoms with Crippen LogP contribution < -0.4 is 5.32 Å². The number of nitrogens with zero attached hydrogens (tertiary/aromatic N) is 3. The fourth-order valence-corrected chi connectivity index (χ4v) is 2.91. The molecule has 1 aromatic heterocycles. The van der Waals surface area contributed by atoms with Crippen LogP contribution in [0.2, 0.25) is 0 Å². The third kappa shape index (κ3) is 1.87. The molecule has 0 unspecified atom stereocenters. The highest BCUT2D eigenvalue weighted by atomic mass is 15.3. The van der Waals surface area contributed by atoms with E-state index < -0.39 is 0 Å². The monoisotopic (exact) mass is 220 g/mol. The smallest absolute Gasteiger partial charge is 0.0597 e. The average molecular weight is 220 g/mol. The van der Waals surface area contributed by atoms with E-state index in [2.05, 4.69) is 33.0 Å². The molecule has 4 heteroatoms. The van der Waals surface area contributed by atoms with Crippen molar-refractivity contribution in [3.8, 4) is 0 Å². The predicted molar refractivity (Wildman–Crippen MR) is 63.3 cm³/mol. The fraction of sp³-hybridized carbons (Fsp3) is 0.750. The lowest BCUT2D eigenvalue weighted by Crippen LogP contribution is -2.46. The summed E-state index contributed by atoms with van der Waals surface area (Å²) in [6, 6.07) is 3.01. The van der Waals surface area contributed by atoms with Crippen LogP contribution in [0.3, 0.4) is 0 Å². The maximum atomic E-state index is 4.51. The first-order valence-corrected chi connectivity index (χ1v) is 6.31. The lowest BCUT2D eigenvalue weighted by atomic mass is 10.0. The quantitative estimate of drug-likeness (QED) is 0.758. The number of piperidine rings is 1. The minimum Gasteiger partial charge on any atom is -0.317 e. The third-order valence-corrected chi connectivity index (χ3v) is 3.77. The Hall–Kier alpha value is -0.870. The lowest BCUT2D eigenvalue weighted by Gasteiger charge is -2.37. The van der Waals surface area contributed by atoms with Crippen molar-refractivity contribution in [3.63, 3.8) is 0 Å². The molecule has 0 aliphatic carbocycles. The van der Waals surface area contributed by atoms with Crippen molar-refractivity contribution in [1.29, 1.82) is 0 Å². The molecule has 1 N–H and O–H groups in total. The summed E-state index contributed by atoms with van der Waals surface area (Å²) in [5.74, 6) is 0. The summed E-state index contributed by atoms with van der Waals surface area (Å²) in [5.41, 5.74) is 2.55. The molecule has 0 bridgehead atoms. The fourth-order valence-electron chi connectivity index (χ4n) is 2.91. The maximum absolute atomic E-state index is 4.51. The molecule has 0 aromatic carbocycles. The van der Waals surface area contributed by atoms with Gasteiger partial charge in [0.05, 0.1) is 17.9 Å². The van der Waals surface area contributed by atoms with Crippen LogP contribution in [0.1, 0.15) is 24.2 Å². The molecule has 0 spiro atoms. The molecule has 3 rings (SSSR count). The zero-order valence-corrected chi connectivity index (χ0v) is 9.95. The van der Waals surface area contributed by atoms with Gasteiger partial charge in [0.2, 0.25) is 0 Å². The second-order valence-electron chi connectivity index (χ2n) is 4.95. The van der Waals surface area contributed by atoms with Crippen LogP contribution in [0.4, 0.5) is 0 Å². The minimum absolute atomic E-state index is 0.783. The van der Waals surface area contributed by atoms with E-state index in [1.54, 1.807) is 0 Å². The Balaban J connectivity index is 1.71. The van der Waals surface area contributed by atoms with Crippen molar-refractivity contribution < 1.29 is 0 Å². The Morgan fingerprint density at radius 1 is 1.31 bits per heavy atom. The topological polar surface area (TPSA) is 33.1 Å². The Morgan fingerprint density at radius 3 is 2.94 bits per heavy atom. The van der Waals surface area contributed by atoms with Gasteiger partial charge >= 0.3 is 0 Å². The second-order valence-corrected chi connectivity index (χ2v) is 4.95. The number of hydrogen-bond donors (Lipinski definition) is 1. The van der Waals surface area contributed by atoms with E-state index >= 15 is 0 Å². The van der Waals surface area contributed by atoms with E-state index in [0.29, 0.717) is 0 Å². The number of aryl methyl sites for hydroxylation is 1. The summed E-state index contributed by atoms with van der Waals surface area (Å²) in [4.78, 5) is 2.64. The number of nitrogens with one attached hydrogen (secondary N) is 1. The average Bonchev–Trinajstić information content (AvgIpc) is 2.69. The summed E-state index contributed by atoms with van der Waals surface area (Å²) >= 11 is 0. The zero-order valence-electron chi connectivity index (χ0n) is 9.95. The van der Waals surface area contributed by atoms with E-state index in [-0.39, 0.29) is 0 Å². The van der Waals surface area contributed by atoms with Crippen molar-refractivity contribution in [2.45, 2.75) is 38.9 Å². The summed E-state index contributed by atoms with van der Waals surface area (Å²) in [7, 11) is 0. The third-order valence-electron chi connectivity index (χ3n) is 3.77. The van der Waals surface area contributed by atoms with Crippen LogP contribution in [0, 0.1) is 6.92 Å². The van der Waals surface area contributed by atoms with Crippen LogP contribution in [-0.4, -0.2) is 40.4 Å². The van der Waals surface area contributed by atoms with Crippen LogP contribution >= 0.6 is 0 Å². The molecule has 1 saturated heterocycles. The summed E-state index contributed by atoms with van der Waals surface area (Å²) in [6.45, 7) is 7.76. The van der Waals surface area contributed by atoms with Crippen LogP contribution in [0.5, 0.6) is 0 Å². The van der Waals surface area contributed by atoms with Gasteiger partial charge in [-0.25, -0.2) is 0 Å². The van der Waals surface area contributed by atoms with E-state index in [0.717, 1.165) is 24.8 Å². The number of fused-ring (bicyclic) bond motifs is 1. The van der Waals surface area contributed by atoms with Crippen LogP contribution in [0.15, 0.2) is 6.07 Å². The van der Waals surface area contributed by atoms with Crippen molar-refractivity contribution >= 4 is 0 Å². The molecule has 1 fully saturated rings. The zero-order chi connectivity index (χ0) is 11.0. The number of rotatable bonds is 1. The summed E-state index contributed by atoms with van der Waals surface area (Å²) < 4.78 is 2.17. The molecule has 0 radical (unpaired) electrons. The Labute approximate surface area is 96.6 Å². The molecule has 2 aliphatic heterocycles. The van der Waals surface area contributed by atoms with Gasteiger partial charge in [-0.1, -0.05) is 0 Å². The van der Waals surface area contributed by atoms with Crippen LogP contribution in [0.25, 0.3) is 0 Å². The molecule has 0 atom stereocenters. The van der Waals surface area contributed by atoms with Crippen LogP contribution in [-0.2, 0) is 13.1 Å². The van der Waals surface area contributed by atoms with E-state index in [9.17, 15) is 0 Å². The highest BCUT2D eigenvalue weighted by Crippen LogP contribution is 2.19. The van der Waals surface area contributed by atoms with Crippen molar-refractivity contribution in [2.75, 3.05) is 19.6 Å². The normalized spacial score (nSPS) is 23.3. The van der Waals surface area contributed by atoms with E-state index in [1.165, 1.54) is 38.2 Å². The molecule has 16 heavy (non-hydrogen) atoms.